The molecule has 0 radical (unpaired) electrons. The summed E-state index contributed by atoms with van der Waals surface area (Å²) in [5.74, 6) is 0.144. The average molecular weight is 344 g/mol. The molecule has 1 unspecified atom stereocenters. The minimum atomic E-state index is -0.290. The van der Waals surface area contributed by atoms with Crippen molar-refractivity contribution in [1.29, 1.82) is 0 Å². The summed E-state index contributed by atoms with van der Waals surface area (Å²) in [7, 11) is 0. The molecule has 2 aliphatic rings. The molecule has 3 rings (SSSR count). The topological polar surface area (TPSA) is 61.4 Å². The molecule has 0 saturated carbocycles. The number of nitrogens with zero attached hydrogens (tertiary/aromatic N) is 1. The van der Waals surface area contributed by atoms with Crippen molar-refractivity contribution >= 4 is 41.5 Å². The van der Waals surface area contributed by atoms with Gasteiger partial charge >= 0.3 is 0 Å². The average Bonchev–Trinajstić information content (AvgIpc) is 2.79. The summed E-state index contributed by atoms with van der Waals surface area (Å²) >= 11 is 6.12. The maximum Gasteiger partial charge on any atom is 0.227 e. The van der Waals surface area contributed by atoms with Gasteiger partial charge in [-0.05, 0) is 12.1 Å². The van der Waals surface area contributed by atoms with E-state index in [4.69, 9.17) is 11.6 Å². The number of carbonyl (C=O) groups is 2. The molecule has 2 heterocycles. The van der Waals surface area contributed by atoms with Gasteiger partial charge in [-0.3, -0.25) is 9.59 Å². The summed E-state index contributed by atoms with van der Waals surface area (Å²) in [6.45, 7) is 2.99. The van der Waals surface area contributed by atoms with Gasteiger partial charge in [0.2, 0.25) is 11.8 Å². The fourth-order valence-electron chi connectivity index (χ4n) is 2.67. The molecular weight excluding hydrogens is 325 g/mol. The summed E-state index contributed by atoms with van der Waals surface area (Å²) in [6, 6.07) is 7.22. The molecule has 0 bridgehead atoms. The van der Waals surface area contributed by atoms with E-state index < -0.39 is 0 Å². The molecule has 2 N–H and O–H groups in total. The van der Waals surface area contributed by atoms with Gasteiger partial charge < -0.3 is 15.5 Å². The monoisotopic (exact) mass is 343 g/mol. The first kappa shape index (κ1) is 17.1. The lowest BCUT2D eigenvalue weighted by Crippen LogP contribution is -2.49. The van der Waals surface area contributed by atoms with E-state index in [0.717, 1.165) is 13.1 Å². The van der Waals surface area contributed by atoms with E-state index >= 15 is 0 Å². The van der Waals surface area contributed by atoms with Crippen molar-refractivity contribution in [3.8, 4) is 0 Å². The second kappa shape index (κ2) is 7.31. The van der Waals surface area contributed by atoms with Crippen LogP contribution in [-0.2, 0) is 9.59 Å². The van der Waals surface area contributed by atoms with Crippen LogP contribution in [0.5, 0.6) is 0 Å². The van der Waals surface area contributed by atoms with Gasteiger partial charge in [-0.25, -0.2) is 0 Å². The SMILES string of the molecule is Cl.O=C(NCC1CNC1)C1CC(=O)N(c2ccccc2Cl)C1. The smallest absolute Gasteiger partial charge is 0.227 e. The number of benzene rings is 1. The molecular formula is C15H19Cl2N3O2. The van der Waals surface area contributed by atoms with Gasteiger partial charge in [-0.2, -0.15) is 0 Å². The van der Waals surface area contributed by atoms with Crippen molar-refractivity contribution in [3.63, 3.8) is 0 Å². The molecule has 22 heavy (non-hydrogen) atoms. The number of amides is 2. The van der Waals surface area contributed by atoms with Gasteiger partial charge in [-0.15, -0.1) is 12.4 Å². The largest absolute Gasteiger partial charge is 0.355 e. The predicted octanol–water partition coefficient (Wildman–Crippen LogP) is 1.45. The van der Waals surface area contributed by atoms with Gasteiger partial charge in [-0.1, -0.05) is 23.7 Å². The molecule has 0 aliphatic carbocycles. The van der Waals surface area contributed by atoms with E-state index in [-0.39, 0.29) is 36.6 Å². The number of halogens is 2. The molecule has 0 spiro atoms. The standard InChI is InChI=1S/C15H18ClN3O2.ClH/c16-12-3-1-2-4-13(12)19-9-11(5-14(19)20)15(21)18-8-10-6-17-7-10;/h1-4,10-11,17H,5-9H2,(H,18,21);1H. The summed E-state index contributed by atoms with van der Waals surface area (Å²) < 4.78 is 0. The van der Waals surface area contributed by atoms with E-state index in [9.17, 15) is 9.59 Å². The number of hydrogen-bond donors (Lipinski definition) is 2. The maximum absolute atomic E-state index is 12.2. The minimum Gasteiger partial charge on any atom is -0.355 e. The van der Waals surface area contributed by atoms with Gasteiger partial charge in [0, 0.05) is 38.5 Å². The van der Waals surface area contributed by atoms with Crippen molar-refractivity contribution in [2.24, 2.45) is 11.8 Å². The molecule has 1 aromatic carbocycles. The molecule has 0 aromatic heterocycles. The fourth-order valence-corrected chi connectivity index (χ4v) is 2.91. The minimum absolute atomic E-state index is 0. The molecule has 2 aliphatic heterocycles. The zero-order chi connectivity index (χ0) is 14.8. The van der Waals surface area contributed by atoms with E-state index in [1.807, 2.05) is 12.1 Å². The molecule has 2 fully saturated rings. The Balaban J connectivity index is 0.00000176. The Kier molecular flexibility index (Phi) is 5.67. The van der Waals surface area contributed by atoms with E-state index in [1.165, 1.54) is 0 Å². The first-order valence-corrected chi connectivity index (χ1v) is 7.56. The first-order valence-electron chi connectivity index (χ1n) is 7.18. The molecule has 2 amide bonds. The molecule has 7 heteroatoms. The van der Waals surface area contributed by atoms with Crippen molar-refractivity contribution in [2.75, 3.05) is 31.1 Å². The maximum atomic E-state index is 12.2. The Morgan fingerprint density at radius 3 is 2.73 bits per heavy atom. The van der Waals surface area contributed by atoms with Gasteiger partial charge in [0.25, 0.3) is 0 Å². The van der Waals surface area contributed by atoms with Crippen molar-refractivity contribution < 1.29 is 9.59 Å². The van der Waals surface area contributed by atoms with Crippen molar-refractivity contribution in [3.05, 3.63) is 29.3 Å². The van der Waals surface area contributed by atoms with Crippen LogP contribution in [0.25, 0.3) is 0 Å². The summed E-state index contributed by atoms with van der Waals surface area (Å²) in [5, 5.41) is 6.65. The van der Waals surface area contributed by atoms with Crippen LogP contribution in [0.3, 0.4) is 0 Å². The van der Waals surface area contributed by atoms with Crippen LogP contribution >= 0.6 is 24.0 Å². The van der Waals surface area contributed by atoms with Crippen molar-refractivity contribution in [1.82, 2.24) is 10.6 Å². The fraction of sp³-hybridized carbons (Fsp3) is 0.467. The Hall–Kier alpha value is -1.30. The highest BCUT2D eigenvalue weighted by Gasteiger charge is 2.36. The lowest BCUT2D eigenvalue weighted by Gasteiger charge is -2.27. The number of carbonyl (C=O) groups excluding carboxylic acids is 2. The number of hydrogen-bond acceptors (Lipinski definition) is 3. The van der Waals surface area contributed by atoms with Gasteiger partial charge in [0.1, 0.15) is 0 Å². The van der Waals surface area contributed by atoms with E-state index in [1.54, 1.807) is 17.0 Å². The van der Waals surface area contributed by atoms with Crippen molar-refractivity contribution in [2.45, 2.75) is 6.42 Å². The Morgan fingerprint density at radius 1 is 1.36 bits per heavy atom. The van der Waals surface area contributed by atoms with Crippen LogP contribution in [0.15, 0.2) is 24.3 Å². The molecule has 2 saturated heterocycles. The lowest BCUT2D eigenvalue weighted by molar-refractivity contribution is -0.126. The number of para-hydroxylation sites is 1. The number of rotatable bonds is 4. The molecule has 120 valence electrons. The van der Waals surface area contributed by atoms with E-state index in [2.05, 4.69) is 10.6 Å². The summed E-state index contributed by atoms with van der Waals surface area (Å²) in [6.07, 6.45) is 0.250. The van der Waals surface area contributed by atoms with Gasteiger partial charge in [0.15, 0.2) is 0 Å². The molecule has 1 aromatic rings. The number of nitrogens with one attached hydrogen (secondary N) is 2. The van der Waals surface area contributed by atoms with E-state index in [0.29, 0.717) is 29.7 Å². The zero-order valence-electron chi connectivity index (χ0n) is 12.0. The highest BCUT2D eigenvalue weighted by atomic mass is 35.5. The molecule has 1 atom stereocenters. The number of anilines is 1. The van der Waals surface area contributed by atoms with Crippen LogP contribution in [0.2, 0.25) is 5.02 Å². The van der Waals surface area contributed by atoms with Crippen LogP contribution in [0.1, 0.15) is 6.42 Å². The second-order valence-electron chi connectivity index (χ2n) is 5.63. The first-order chi connectivity index (χ1) is 10.1. The summed E-state index contributed by atoms with van der Waals surface area (Å²) in [4.78, 5) is 25.9. The predicted molar refractivity (Wildman–Crippen MR) is 88.5 cm³/mol. The van der Waals surface area contributed by atoms with Crippen LogP contribution < -0.4 is 15.5 Å². The quantitative estimate of drug-likeness (QED) is 0.869. The Labute approximate surface area is 140 Å². The highest BCUT2D eigenvalue weighted by molar-refractivity contribution is 6.33. The van der Waals surface area contributed by atoms with Crippen LogP contribution in [0, 0.1) is 11.8 Å². The molecule has 5 nitrogen and oxygen atoms in total. The third kappa shape index (κ3) is 3.54. The van der Waals surface area contributed by atoms with Gasteiger partial charge in [0.05, 0.1) is 16.6 Å². The highest BCUT2D eigenvalue weighted by Crippen LogP contribution is 2.30. The second-order valence-corrected chi connectivity index (χ2v) is 6.03. The third-order valence-corrected chi connectivity index (χ3v) is 4.39. The third-order valence-electron chi connectivity index (χ3n) is 4.07. The van der Waals surface area contributed by atoms with Crippen LogP contribution in [-0.4, -0.2) is 38.0 Å². The lowest BCUT2D eigenvalue weighted by atomic mass is 10.0. The summed E-state index contributed by atoms with van der Waals surface area (Å²) in [5.41, 5.74) is 0.683. The Morgan fingerprint density at radius 2 is 2.09 bits per heavy atom. The Bertz CT molecular complexity index is 563. The zero-order valence-corrected chi connectivity index (χ0v) is 13.6. The normalized spacial score (nSPS) is 21.2. The van der Waals surface area contributed by atoms with Crippen LogP contribution in [0.4, 0.5) is 5.69 Å².